The maximum Gasteiger partial charge on any atom is 0.417 e. The molecule has 13 heteroatoms. The molecule has 6 rings (SSSR count). The number of hydrogen-bond donors (Lipinski definition) is 1. The number of halogens is 5. The summed E-state index contributed by atoms with van der Waals surface area (Å²) < 4.78 is 80.1. The van der Waals surface area contributed by atoms with Crippen LogP contribution >= 0.6 is 0 Å². The minimum absolute atomic E-state index is 0.0595. The molecule has 0 unspecified atom stereocenters. The van der Waals surface area contributed by atoms with Gasteiger partial charge in [-0.15, -0.1) is 0 Å². The lowest BCUT2D eigenvalue weighted by Gasteiger charge is -2.44. The van der Waals surface area contributed by atoms with Gasteiger partial charge in [0.2, 0.25) is 0 Å². The van der Waals surface area contributed by atoms with E-state index in [0.717, 1.165) is 17.4 Å². The van der Waals surface area contributed by atoms with Gasteiger partial charge in [-0.05, 0) is 75.0 Å². The number of anilines is 1. The van der Waals surface area contributed by atoms with Crippen molar-refractivity contribution in [3.05, 3.63) is 94.2 Å². The van der Waals surface area contributed by atoms with E-state index < -0.39 is 40.4 Å². The van der Waals surface area contributed by atoms with Crippen LogP contribution in [-0.4, -0.2) is 59.2 Å². The van der Waals surface area contributed by atoms with E-state index >= 15 is 4.39 Å². The van der Waals surface area contributed by atoms with Crippen LogP contribution in [0.5, 0.6) is 5.75 Å². The van der Waals surface area contributed by atoms with Gasteiger partial charge in [-0.1, -0.05) is 12.1 Å². The Labute approximate surface area is 273 Å². The number of amides is 1. The molecule has 2 aliphatic rings. The van der Waals surface area contributed by atoms with Gasteiger partial charge in [0.15, 0.2) is 5.82 Å². The zero-order valence-corrected chi connectivity index (χ0v) is 26.5. The third-order valence-electron chi connectivity index (χ3n) is 9.12. The van der Waals surface area contributed by atoms with E-state index in [0.29, 0.717) is 54.8 Å². The second kappa shape index (κ2) is 12.7. The Hall–Kier alpha value is -4.78. The molecule has 0 spiro atoms. The van der Waals surface area contributed by atoms with E-state index in [9.17, 15) is 27.2 Å². The maximum atomic E-state index is 17.5. The van der Waals surface area contributed by atoms with Crippen LogP contribution in [0.2, 0.25) is 0 Å². The summed E-state index contributed by atoms with van der Waals surface area (Å²) in [4.78, 5) is 34.0. The lowest BCUT2D eigenvalue weighted by atomic mass is 9.92. The van der Waals surface area contributed by atoms with Crippen molar-refractivity contribution in [1.29, 1.82) is 0 Å². The van der Waals surface area contributed by atoms with Crippen molar-refractivity contribution in [2.75, 3.05) is 31.6 Å². The Morgan fingerprint density at radius 2 is 1.67 bits per heavy atom. The molecular formula is C35H34F5N5O3. The van der Waals surface area contributed by atoms with Crippen LogP contribution in [0.15, 0.2) is 65.8 Å². The molecule has 2 N–H and O–H groups in total. The number of alkyl halides is 3. The molecule has 2 aromatic heterocycles. The Bertz CT molecular complexity index is 1910. The first-order valence-electron chi connectivity index (χ1n) is 15.5. The normalized spacial score (nSPS) is 18.6. The highest BCUT2D eigenvalue weighted by molar-refractivity contribution is 5.95. The first kappa shape index (κ1) is 33.1. The van der Waals surface area contributed by atoms with Gasteiger partial charge in [-0.25, -0.2) is 8.78 Å². The fourth-order valence-electron chi connectivity index (χ4n) is 6.12. The smallest absolute Gasteiger partial charge is 0.417 e. The van der Waals surface area contributed by atoms with Crippen LogP contribution < -0.4 is 20.9 Å². The standard InChI is InChI=1S/C35H34F5N5O3/c1-19-15-44(16-20(2)43(19)3)33-29(45-17-27(34(41)47)28(12-30(45)46)35(38,39)40)11-26(31(32(33)37)22-6-8-24(36)9-7-22)23-10-25(14-42-13-23)48-18-21-4-5-21/h6-14,17,19-21H,4-5,15-16,18H2,1-3H3,(H2,41,47)/t19-,20+. The van der Waals surface area contributed by atoms with Gasteiger partial charge in [-0.2, -0.15) is 13.2 Å². The van der Waals surface area contributed by atoms with E-state index in [1.807, 2.05) is 20.9 Å². The van der Waals surface area contributed by atoms with Gasteiger partial charge in [0.1, 0.15) is 11.6 Å². The van der Waals surface area contributed by atoms with Gasteiger partial charge < -0.3 is 15.4 Å². The molecule has 1 saturated carbocycles. The number of benzene rings is 2. The second-order valence-corrected chi connectivity index (χ2v) is 12.6. The predicted molar refractivity (Wildman–Crippen MR) is 171 cm³/mol. The Balaban J connectivity index is 1.67. The molecule has 8 nitrogen and oxygen atoms in total. The molecule has 4 aromatic rings. The summed E-state index contributed by atoms with van der Waals surface area (Å²) in [5.74, 6) is -1.89. The monoisotopic (exact) mass is 667 g/mol. The average molecular weight is 668 g/mol. The van der Waals surface area contributed by atoms with Crippen molar-refractivity contribution in [3.8, 4) is 33.7 Å². The third kappa shape index (κ3) is 6.51. The van der Waals surface area contributed by atoms with Gasteiger partial charge >= 0.3 is 6.18 Å². The lowest BCUT2D eigenvalue weighted by Crippen LogP contribution is -2.55. The Kier molecular flexibility index (Phi) is 8.75. The van der Waals surface area contributed by atoms with Crippen molar-refractivity contribution in [2.24, 2.45) is 11.7 Å². The van der Waals surface area contributed by atoms with Gasteiger partial charge in [-0.3, -0.25) is 24.0 Å². The van der Waals surface area contributed by atoms with E-state index in [2.05, 4.69) is 9.88 Å². The molecule has 1 saturated heterocycles. The lowest BCUT2D eigenvalue weighted by molar-refractivity contribution is -0.138. The molecular weight excluding hydrogens is 633 g/mol. The van der Waals surface area contributed by atoms with Crippen molar-refractivity contribution < 1.29 is 31.5 Å². The number of carbonyl (C=O) groups is 1. The Morgan fingerprint density at radius 3 is 2.27 bits per heavy atom. The van der Waals surface area contributed by atoms with E-state index in [-0.39, 0.29) is 34.6 Å². The molecule has 3 heterocycles. The molecule has 1 aliphatic carbocycles. The second-order valence-electron chi connectivity index (χ2n) is 12.6. The zero-order valence-electron chi connectivity index (χ0n) is 26.5. The van der Waals surface area contributed by atoms with Crippen LogP contribution in [0.3, 0.4) is 0 Å². The van der Waals surface area contributed by atoms with Crippen LogP contribution in [0, 0.1) is 17.6 Å². The highest BCUT2D eigenvalue weighted by Crippen LogP contribution is 2.44. The molecule has 1 aliphatic heterocycles. The molecule has 0 radical (unpaired) electrons. The minimum Gasteiger partial charge on any atom is -0.492 e. The number of nitrogens with zero attached hydrogens (tertiary/aromatic N) is 4. The van der Waals surface area contributed by atoms with E-state index in [1.54, 1.807) is 11.0 Å². The summed E-state index contributed by atoms with van der Waals surface area (Å²) >= 11 is 0. The minimum atomic E-state index is -5.05. The average Bonchev–Trinajstić information content (AvgIpc) is 3.87. The van der Waals surface area contributed by atoms with E-state index in [1.165, 1.54) is 42.7 Å². The number of ether oxygens (including phenoxy) is 1. The van der Waals surface area contributed by atoms with Gasteiger partial charge in [0, 0.05) is 54.8 Å². The van der Waals surface area contributed by atoms with Gasteiger partial charge in [0.05, 0.1) is 35.3 Å². The molecule has 48 heavy (non-hydrogen) atoms. The molecule has 1 amide bonds. The maximum absolute atomic E-state index is 17.5. The SMILES string of the molecule is C[C@@H]1CN(c2c(-n3cc(C(N)=O)c(C(F)(F)F)cc3=O)cc(-c3cncc(OCC4CC4)c3)c(-c3ccc(F)cc3)c2F)C[C@H](C)N1C. The summed E-state index contributed by atoms with van der Waals surface area (Å²) in [6.07, 6.45) is 0.751. The van der Waals surface area contributed by atoms with Crippen molar-refractivity contribution in [3.63, 3.8) is 0 Å². The number of likely N-dealkylation sites (N-methyl/N-ethyl adjacent to an activating group) is 1. The largest absolute Gasteiger partial charge is 0.492 e. The first-order valence-corrected chi connectivity index (χ1v) is 15.5. The number of nitrogens with two attached hydrogens (primary N) is 1. The van der Waals surface area contributed by atoms with Crippen LogP contribution in [-0.2, 0) is 6.18 Å². The number of rotatable bonds is 8. The third-order valence-corrected chi connectivity index (χ3v) is 9.12. The number of aromatic nitrogens is 2. The summed E-state index contributed by atoms with van der Waals surface area (Å²) in [6.45, 7) is 4.98. The number of carbonyl (C=O) groups excluding carboxylic acids is 1. The van der Waals surface area contributed by atoms with Crippen molar-refractivity contribution in [1.82, 2.24) is 14.5 Å². The summed E-state index contributed by atoms with van der Waals surface area (Å²) in [7, 11) is 1.93. The fraction of sp³-hybridized carbons (Fsp3) is 0.343. The van der Waals surface area contributed by atoms with Gasteiger partial charge in [0.25, 0.3) is 11.5 Å². The van der Waals surface area contributed by atoms with Crippen molar-refractivity contribution in [2.45, 2.75) is 44.9 Å². The molecule has 2 atom stereocenters. The topological polar surface area (TPSA) is 93.7 Å². The highest BCUT2D eigenvalue weighted by atomic mass is 19.4. The molecule has 0 bridgehead atoms. The first-order chi connectivity index (χ1) is 22.7. The quantitative estimate of drug-likeness (QED) is 0.223. The molecule has 2 aromatic carbocycles. The fourth-order valence-corrected chi connectivity index (χ4v) is 6.12. The summed E-state index contributed by atoms with van der Waals surface area (Å²) in [5.41, 5.74) is 2.57. The number of primary amides is 1. The summed E-state index contributed by atoms with van der Waals surface area (Å²) in [6, 6.07) is 8.50. The zero-order chi connectivity index (χ0) is 34.5. The van der Waals surface area contributed by atoms with Crippen LogP contribution in [0.25, 0.3) is 27.9 Å². The Morgan fingerprint density at radius 1 is 1.00 bits per heavy atom. The number of hydrogen-bond acceptors (Lipinski definition) is 6. The van der Waals surface area contributed by atoms with Crippen molar-refractivity contribution >= 4 is 11.6 Å². The van der Waals surface area contributed by atoms with E-state index in [4.69, 9.17) is 10.5 Å². The number of pyridine rings is 2. The molecule has 2 fully saturated rings. The van der Waals surface area contributed by atoms with Crippen LogP contribution in [0.1, 0.15) is 42.6 Å². The van der Waals surface area contributed by atoms with Crippen LogP contribution in [0.4, 0.5) is 27.6 Å². The predicted octanol–water partition coefficient (Wildman–Crippen LogP) is 6.28. The number of piperazine rings is 1. The highest BCUT2D eigenvalue weighted by Gasteiger charge is 2.37. The summed E-state index contributed by atoms with van der Waals surface area (Å²) in [5, 5.41) is 0. The molecule has 252 valence electrons.